The summed E-state index contributed by atoms with van der Waals surface area (Å²) in [7, 11) is 3.23. The van der Waals surface area contributed by atoms with E-state index in [2.05, 4.69) is 13.8 Å². The molecule has 0 saturated carbocycles. The van der Waals surface area contributed by atoms with E-state index in [1.54, 1.807) is 14.2 Å². The highest BCUT2D eigenvalue weighted by atomic mass is 16.5. The number of hydrogen-bond donors (Lipinski definition) is 2. The van der Waals surface area contributed by atoms with E-state index >= 15 is 0 Å². The molecule has 0 aromatic heterocycles. The molecule has 45 heavy (non-hydrogen) atoms. The first-order chi connectivity index (χ1) is 21.7. The van der Waals surface area contributed by atoms with Crippen molar-refractivity contribution < 1.29 is 33.9 Å². The molecule has 1 aliphatic heterocycles. The van der Waals surface area contributed by atoms with Gasteiger partial charge in [0, 0.05) is 0 Å². The second-order valence-electron chi connectivity index (χ2n) is 11.9. The van der Waals surface area contributed by atoms with Crippen LogP contribution < -0.4 is 18.9 Å². The quantitative estimate of drug-likeness (QED) is 0.169. The van der Waals surface area contributed by atoms with Crippen molar-refractivity contribution in [3.8, 4) is 23.0 Å². The summed E-state index contributed by atoms with van der Waals surface area (Å²) >= 11 is 0. The molecule has 7 heteroatoms. The molecule has 0 bridgehead atoms. The molecule has 1 heterocycles. The Labute approximate surface area is 266 Å². The van der Waals surface area contributed by atoms with E-state index in [1.807, 2.05) is 111 Å². The molecule has 238 valence electrons. The van der Waals surface area contributed by atoms with Crippen LogP contribution in [0.25, 0.3) is 0 Å². The van der Waals surface area contributed by atoms with Gasteiger partial charge in [-0.05, 0) is 72.2 Å². The summed E-state index contributed by atoms with van der Waals surface area (Å²) < 4.78 is 30.5. The highest BCUT2D eigenvalue weighted by molar-refractivity contribution is 5.46. The third-order valence-corrected chi connectivity index (χ3v) is 8.91. The molecule has 4 aromatic rings. The van der Waals surface area contributed by atoms with Gasteiger partial charge in [-0.3, -0.25) is 0 Å². The average Bonchev–Trinajstić information content (AvgIpc) is 3.38. The van der Waals surface area contributed by atoms with Gasteiger partial charge in [0.25, 0.3) is 0 Å². The molecule has 1 fully saturated rings. The van der Waals surface area contributed by atoms with Crippen LogP contribution in [0.3, 0.4) is 0 Å². The van der Waals surface area contributed by atoms with Gasteiger partial charge in [-0.25, -0.2) is 0 Å². The van der Waals surface area contributed by atoms with E-state index in [1.165, 1.54) is 0 Å². The lowest BCUT2D eigenvalue weighted by molar-refractivity contribution is 0.0281. The van der Waals surface area contributed by atoms with Crippen LogP contribution >= 0.6 is 0 Å². The third kappa shape index (κ3) is 7.12. The minimum atomic E-state index is -0.777. The fourth-order valence-electron chi connectivity index (χ4n) is 6.01. The zero-order chi connectivity index (χ0) is 32.1. The lowest BCUT2D eigenvalue weighted by atomic mass is 9.85. The number of hydrogen-bond acceptors (Lipinski definition) is 7. The van der Waals surface area contributed by atoms with Gasteiger partial charge in [-0.2, -0.15) is 0 Å². The summed E-state index contributed by atoms with van der Waals surface area (Å²) in [6.07, 6.45) is -2.84. The molecule has 0 radical (unpaired) electrons. The SMILES string of the molecule is COc1cc([C@H]2O[C@H](c3ccc(OC(C)C(O)c4ccccc4)c(OC)c3)[C@H](C)[C@H]2C)ccc1OC(C)C(O)c1ccccc1. The van der Waals surface area contributed by atoms with Gasteiger partial charge in [0.2, 0.25) is 0 Å². The first kappa shape index (κ1) is 32.4. The highest BCUT2D eigenvalue weighted by Crippen LogP contribution is 2.51. The molecule has 5 rings (SSSR count). The Morgan fingerprint density at radius 3 is 1.29 bits per heavy atom. The Morgan fingerprint density at radius 1 is 0.556 bits per heavy atom. The lowest BCUT2D eigenvalue weighted by Crippen LogP contribution is -2.22. The van der Waals surface area contributed by atoms with Crippen LogP contribution in [0.5, 0.6) is 23.0 Å². The van der Waals surface area contributed by atoms with Crippen molar-refractivity contribution in [2.45, 2.75) is 64.3 Å². The van der Waals surface area contributed by atoms with Crippen LogP contribution in [0.1, 0.15) is 74.4 Å². The van der Waals surface area contributed by atoms with E-state index in [0.717, 1.165) is 22.3 Å². The molecule has 7 nitrogen and oxygen atoms in total. The maximum Gasteiger partial charge on any atom is 0.161 e. The Bertz CT molecular complexity index is 1410. The zero-order valence-electron chi connectivity index (χ0n) is 26.8. The fourth-order valence-corrected chi connectivity index (χ4v) is 6.01. The Hall–Kier alpha value is -4.04. The molecule has 4 aromatic carbocycles. The van der Waals surface area contributed by atoms with Crippen LogP contribution in [-0.4, -0.2) is 36.6 Å². The van der Waals surface area contributed by atoms with Crippen LogP contribution in [0.2, 0.25) is 0 Å². The average molecular weight is 613 g/mol. The number of aliphatic hydroxyl groups is 2. The van der Waals surface area contributed by atoms with Crippen molar-refractivity contribution in [1.29, 1.82) is 0 Å². The molecule has 4 unspecified atom stereocenters. The van der Waals surface area contributed by atoms with Gasteiger partial charge in [-0.15, -0.1) is 0 Å². The van der Waals surface area contributed by atoms with Crippen molar-refractivity contribution in [3.63, 3.8) is 0 Å². The zero-order valence-corrected chi connectivity index (χ0v) is 26.8. The van der Waals surface area contributed by atoms with E-state index in [0.29, 0.717) is 23.0 Å². The van der Waals surface area contributed by atoms with Crippen molar-refractivity contribution in [2.75, 3.05) is 14.2 Å². The van der Waals surface area contributed by atoms with Crippen molar-refractivity contribution >= 4 is 0 Å². The molecule has 0 amide bonds. The first-order valence-corrected chi connectivity index (χ1v) is 15.5. The summed E-state index contributed by atoms with van der Waals surface area (Å²) in [6, 6.07) is 30.7. The summed E-state index contributed by atoms with van der Waals surface area (Å²) in [6.45, 7) is 8.09. The number of ether oxygens (including phenoxy) is 5. The van der Waals surface area contributed by atoms with Gasteiger partial charge in [0.1, 0.15) is 24.4 Å². The molecule has 0 aliphatic carbocycles. The molecule has 8 atom stereocenters. The second-order valence-corrected chi connectivity index (χ2v) is 11.9. The number of aliphatic hydroxyl groups excluding tert-OH is 2. The van der Waals surface area contributed by atoms with Gasteiger partial charge in [0.05, 0.1) is 26.4 Å². The topological polar surface area (TPSA) is 86.6 Å². The summed E-state index contributed by atoms with van der Waals surface area (Å²) in [5, 5.41) is 21.6. The lowest BCUT2D eigenvalue weighted by Gasteiger charge is -2.23. The predicted molar refractivity (Wildman–Crippen MR) is 174 cm³/mol. The third-order valence-electron chi connectivity index (χ3n) is 8.91. The van der Waals surface area contributed by atoms with E-state index < -0.39 is 24.4 Å². The van der Waals surface area contributed by atoms with Crippen LogP contribution in [0.4, 0.5) is 0 Å². The van der Waals surface area contributed by atoms with Gasteiger partial charge in [-0.1, -0.05) is 86.6 Å². The van der Waals surface area contributed by atoms with Gasteiger partial charge >= 0.3 is 0 Å². The van der Waals surface area contributed by atoms with Crippen LogP contribution in [0, 0.1) is 11.8 Å². The van der Waals surface area contributed by atoms with Crippen molar-refractivity contribution in [2.24, 2.45) is 11.8 Å². The summed E-state index contributed by atoms with van der Waals surface area (Å²) in [4.78, 5) is 0. The maximum atomic E-state index is 10.8. The van der Waals surface area contributed by atoms with Crippen LogP contribution in [0.15, 0.2) is 97.1 Å². The molecule has 1 aliphatic rings. The number of rotatable bonds is 12. The second kappa shape index (κ2) is 14.4. The minimum absolute atomic E-state index is 0.164. The molecule has 0 spiro atoms. The number of benzene rings is 4. The predicted octanol–water partition coefficient (Wildman–Crippen LogP) is 7.79. The monoisotopic (exact) mass is 612 g/mol. The van der Waals surface area contributed by atoms with E-state index in [4.69, 9.17) is 23.7 Å². The van der Waals surface area contributed by atoms with Crippen LogP contribution in [-0.2, 0) is 4.74 Å². The molecular formula is C38H44O7. The maximum absolute atomic E-state index is 10.8. The summed E-state index contributed by atoms with van der Waals surface area (Å²) in [5.41, 5.74) is 3.58. The molecule has 2 N–H and O–H groups in total. The van der Waals surface area contributed by atoms with Crippen molar-refractivity contribution in [1.82, 2.24) is 0 Å². The van der Waals surface area contributed by atoms with E-state index in [-0.39, 0.29) is 24.0 Å². The normalized spacial score (nSPS) is 22.2. The Morgan fingerprint density at radius 2 is 0.933 bits per heavy atom. The fraction of sp³-hybridized carbons (Fsp3) is 0.368. The van der Waals surface area contributed by atoms with Gasteiger partial charge < -0.3 is 33.9 Å². The Balaban J connectivity index is 1.30. The Kier molecular flexibility index (Phi) is 10.3. The minimum Gasteiger partial charge on any atom is -0.493 e. The van der Waals surface area contributed by atoms with Crippen molar-refractivity contribution in [3.05, 3.63) is 119 Å². The standard InChI is InChI=1S/C38H44O7/c1-23-24(2)38(30-18-20-32(34(22-30)42-6)44-26(4)36(40)28-15-11-8-12-16-28)45-37(23)29-17-19-31(33(21-29)41-5)43-25(3)35(39)27-13-9-7-10-14-27/h7-26,35-40H,1-6H3/t23-,24-,25?,26?,35?,36?,37+,38+/m1/s1. The summed E-state index contributed by atoms with van der Waals surface area (Å²) in [5.74, 6) is 2.72. The largest absolute Gasteiger partial charge is 0.493 e. The number of methoxy groups -OCH3 is 2. The van der Waals surface area contributed by atoms with Gasteiger partial charge in [0.15, 0.2) is 23.0 Å². The first-order valence-electron chi connectivity index (χ1n) is 15.5. The van der Waals surface area contributed by atoms with E-state index in [9.17, 15) is 10.2 Å². The molecular weight excluding hydrogens is 568 g/mol. The highest BCUT2D eigenvalue weighted by Gasteiger charge is 2.41. The molecule has 1 saturated heterocycles. The smallest absolute Gasteiger partial charge is 0.161 e.